The molecule has 0 saturated carbocycles. The molecule has 7 nitrogen and oxygen atoms in total. The molecule has 2 aromatic heterocycles. The summed E-state index contributed by atoms with van der Waals surface area (Å²) in [6, 6.07) is 11.3. The number of carbonyl (C=O) groups excluding carboxylic acids is 1. The Balaban J connectivity index is 1.89. The molecule has 3 rings (SSSR count). The van der Waals surface area contributed by atoms with Crippen LogP contribution in [-0.2, 0) is 11.3 Å². The molecule has 1 aromatic carbocycles. The first kappa shape index (κ1) is 19.8. The van der Waals surface area contributed by atoms with Crippen LogP contribution in [0.4, 0.5) is 0 Å². The van der Waals surface area contributed by atoms with E-state index in [0.29, 0.717) is 24.1 Å². The van der Waals surface area contributed by atoms with Gasteiger partial charge in [-0.25, -0.2) is 0 Å². The number of nitrogens with zero attached hydrogens (tertiary/aromatic N) is 3. The van der Waals surface area contributed by atoms with Crippen LogP contribution >= 0.6 is 11.8 Å². The number of carbonyl (C=O) groups is 1. The van der Waals surface area contributed by atoms with Crippen LogP contribution in [0.1, 0.15) is 12.7 Å². The van der Waals surface area contributed by atoms with Crippen molar-refractivity contribution in [3.8, 4) is 17.1 Å². The van der Waals surface area contributed by atoms with Crippen LogP contribution in [-0.4, -0.2) is 39.6 Å². The van der Waals surface area contributed by atoms with Gasteiger partial charge in [-0.05, 0) is 43.3 Å². The molecular weight excluding hydrogens is 376 g/mol. The van der Waals surface area contributed by atoms with E-state index in [1.54, 1.807) is 19.4 Å². The normalized spacial score (nSPS) is 11.8. The van der Waals surface area contributed by atoms with Crippen LogP contribution in [0, 0.1) is 0 Å². The van der Waals surface area contributed by atoms with Crippen molar-refractivity contribution < 1.29 is 13.9 Å². The SMILES string of the molecule is C=CCNC(=O)C(C)Sc1nnc(-c2ccc(OC)cc2)n1Cc1ccco1. The zero-order valence-electron chi connectivity index (χ0n) is 15.8. The van der Waals surface area contributed by atoms with Crippen molar-refractivity contribution >= 4 is 17.7 Å². The molecule has 8 heteroatoms. The lowest BCUT2D eigenvalue weighted by Gasteiger charge is -2.13. The fraction of sp³-hybridized carbons (Fsp3) is 0.250. The zero-order chi connectivity index (χ0) is 19.9. The van der Waals surface area contributed by atoms with Crippen molar-refractivity contribution in [1.29, 1.82) is 0 Å². The van der Waals surface area contributed by atoms with E-state index in [-0.39, 0.29) is 11.2 Å². The average molecular weight is 398 g/mol. The van der Waals surface area contributed by atoms with E-state index in [0.717, 1.165) is 17.1 Å². The Morgan fingerprint density at radius 3 is 2.79 bits per heavy atom. The van der Waals surface area contributed by atoms with Gasteiger partial charge >= 0.3 is 0 Å². The molecule has 146 valence electrons. The number of methoxy groups -OCH3 is 1. The summed E-state index contributed by atoms with van der Waals surface area (Å²) in [7, 11) is 1.63. The first-order valence-corrected chi connectivity index (χ1v) is 9.65. The highest BCUT2D eigenvalue weighted by molar-refractivity contribution is 8.00. The van der Waals surface area contributed by atoms with Gasteiger partial charge in [0.15, 0.2) is 11.0 Å². The number of thioether (sulfide) groups is 1. The van der Waals surface area contributed by atoms with Gasteiger partial charge in [-0.2, -0.15) is 0 Å². The van der Waals surface area contributed by atoms with Gasteiger partial charge in [-0.1, -0.05) is 17.8 Å². The maximum absolute atomic E-state index is 12.2. The molecule has 0 fully saturated rings. The first-order valence-electron chi connectivity index (χ1n) is 8.77. The number of hydrogen-bond donors (Lipinski definition) is 1. The Labute approximate surface area is 167 Å². The van der Waals surface area contributed by atoms with E-state index in [9.17, 15) is 4.79 Å². The lowest BCUT2D eigenvalue weighted by Crippen LogP contribution is -2.31. The number of ether oxygens (including phenoxy) is 1. The molecule has 0 bridgehead atoms. The Hall–Kier alpha value is -3.00. The van der Waals surface area contributed by atoms with Crippen LogP contribution in [0.15, 0.2) is 64.9 Å². The highest BCUT2D eigenvalue weighted by atomic mass is 32.2. The molecule has 1 amide bonds. The van der Waals surface area contributed by atoms with Gasteiger partial charge in [0, 0.05) is 12.1 Å². The van der Waals surface area contributed by atoms with Gasteiger partial charge in [0.1, 0.15) is 11.5 Å². The standard InChI is InChI=1S/C20H22N4O3S/c1-4-11-21-19(25)14(2)28-20-23-22-18(15-7-9-16(26-3)10-8-15)24(20)13-17-6-5-12-27-17/h4-10,12,14H,1,11,13H2,2-3H3,(H,21,25). The fourth-order valence-electron chi connectivity index (χ4n) is 2.56. The summed E-state index contributed by atoms with van der Waals surface area (Å²) in [6.07, 6.45) is 3.28. The highest BCUT2D eigenvalue weighted by Gasteiger charge is 2.21. The molecule has 0 saturated heterocycles. The summed E-state index contributed by atoms with van der Waals surface area (Å²) in [5.41, 5.74) is 0.899. The zero-order valence-corrected chi connectivity index (χ0v) is 16.6. The lowest BCUT2D eigenvalue weighted by molar-refractivity contribution is -0.120. The Morgan fingerprint density at radius 1 is 1.36 bits per heavy atom. The number of furan rings is 1. The summed E-state index contributed by atoms with van der Waals surface area (Å²) < 4.78 is 12.7. The molecule has 1 atom stereocenters. The smallest absolute Gasteiger partial charge is 0.233 e. The predicted molar refractivity (Wildman–Crippen MR) is 108 cm³/mol. The van der Waals surface area contributed by atoms with E-state index in [1.165, 1.54) is 11.8 Å². The minimum atomic E-state index is -0.330. The largest absolute Gasteiger partial charge is 0.497 e. The molecule has 2 heterocycles. The maximum Gasteiger partial charge on any atom is 0.233 e. The quantitative estimate of drug-likeness (QED) is 0.440. The van der Waals surface area contributed by atoms with E-state index >= 15 is 0 Å². The summed E-state index contributed by atoms with van der Waals surface area (Å²) >= 11 is 1.35. The minimum Gasteiger partial charge on any atom is -0.497 e. The summed E-state index contributed by atoms with van der Waals surface area (Å²) in [4.78, 5) is 12.2. The van der Waals surface area contributed by atoms with Crippen LogP contribution in [0.5, 0.6) is 5.75 Å². The summed E-state index contributed by atoms with van der Waals surface area (Å²) in [5, 5.41) is 11.8. The molecular formula is C20H22N4O3S. The van der Waals surface area contributed by atoms with Crippen molar-refractivity contribution in [3.05, 3.63) is 61.1 Å². The Morgan fingerprint density at radius 2 is 2.14 bits per heavy atom. The second kappa shape index (κ2) is 9.27. The minimum absolute atomic E-state index is 0.0801. The Bertz CT molecular complexity index is 920. The van der Waals surface area contributed by atoms with Gasteiger partial charge in [0.05, 0.1) is 25.2 Å². The van der Waals surface area contributed by atoms with Gasteiger partial charge in [0.25, 0.3) is 0 Å². The molecule has 0 aliphatic rings. The summed E-state index contributed by atoms with van der Waals surface area (Å²) in [5.74, 6) is 2.16. The second-order valence-electron chi connectivity index (χ2n) is 5.99. The lowest BCUT2D eigenvalue weighted by atomic mass is 10.2. The van der Waals surface area contributed by atoms with Crippen LogP contribution in [0.25, 0.3) is 11.4 Å². The number of aromatic nitrogens is 3. The highest BCUT2D eigenvalue weighted by Crippen LogP contribution is 2.28. The third kappa shape index (κ3) is 4.64. The number of benzene rings is 1. The van der Waals surface area contributed by atoms with Crippen LogP contribution in [0.2, 0.25) is 0 Å². The van der Waals surface area contributed by atoms with E-state index in [1.807, 2.05) is 47.9 Å². The monoisotopic (exact) mass is 398 g/mol. The van der Waals surface area contributed by atoms with Crippen LogP contribution < -0.4 is 10.1 Å². The van der Waals surface area contributed by atoms with Gasteiger partial charge in [0.2, 0.25) is 5.91 Å². The maximum atomic E-state index is 12.2. The van der Waals surface area contributed by atoms with E-state index < -0.39 is 0 Å². The predicted octanol–water partition coefficient (Wildman–Crippen LogP) is 3.38. The molecule has 28 heavy (non-hydrogen) atoms. The second-order valence-corrected chi connectivity index (χ2v) is 7.30. The molecule has 0 radical (unpaired) electrons. The van der Waals surface area contributed by atoms with Crippen molar-refractivity contribution in [3.63, 3.8) is 0 Å². The van der Waals surface area contributed by atoms with Crippen molar-refractivity contribution in [2.45, 2.75) is 23.9 Å². The molecule has 0 aliphatic heterocycles. The van der Waals surface area contributed by atoms with Gasteiger partial charge < -0.3 is 14.5 Å². The van der Waals surface area contributed by atoms with E-state index in [4.69, 9.17) is 9.15 Å². The fourth-order valence-corrected chi connectivity index (χ4v) is 3.43. The number of amides is 1. The Kier molecular flexibility index (Phi) is 6.54. The number of nitrogens with one attached hydrogen (secondary N) is 1. The number of hydrogen-bond acceptors (Lipinski definition) is 6. The molecule has 0 spiro atoms. The van der Waals surface area contributed by atoms with Gasteiger partial charge in [-0.15, -0.1) is 16.8 Å². The molecule has 3 aromatic rings. The third-order valence-electron chi connectivity index (χ3n) is 4.03. The first-order chi connectivity index (χ1) is 13.6. The van der Waals surface area contributed by atoms with Crippen molar-refractivity contribution in [2.24, 2.45) is 0 Å². The summed E-state index contributed by atoms with van der Waals surface area (Å²) in [6.45, 7) is 6.34. The topological polar surface area (TPSA) is 82.2 Å². The van der Waals surface area contributed by atoms with Crippen molar-refractivity contribution in [2.75, 3.05) is 13.7 Å². The third-order valence-corrected chi connectivity index (χ3v) is 5.11. The number of rotatable bonds is 9. The molecule has 1 unspecified atom stereocenters. The van der Waals surface area contributed by atoms with Crippen LogP contribution in [0.3, 0.4) is 0 Å². The van der Waals surface area contributed by atoms with Crippen molar-refractivity contribution in [1.82, 2.24) is 20.1 Å². The molecule has 0 aliphatic carbocycles. The van der Waals surface area contributed by atoms with Gasteiger partial charge in [-0.3, -0.25) is 9.36 Å². The molecule has 1 N–H and O–H groups in total. The average Bonchev–Trinajstić information content (AvgIpc) is 3.37. The van der Waals surface area contributed by atoms with E-state index in [2.05, 4.69) is 22.1 Å².